The van der Waals surface area contributed by atoms with Crippen molar-refractivity contribution < 1.29 is 14.4 Å². The van der Waals surface area contributed by atoms with Crippen LogP contribution < -0.4 is 16.1 Å². The summed E-state index contributed by atoms with van der Waals surface area (Å²) >= 11 is 1.50. The van der Waals surface area contributed by atoms with Crippen LogP contribution in [0.2, 0.25) is 0 Å². The van der Waals surface area contributed by atoms with E-state index >= 15 is 0 Å². The smallest absolute Gasteiger partial charge is 0.332 e. The molecule has 4 rings (SSSR count). The number of thiophene rings is 1. The molecule has 2 aliphatic rings. The first-order chi connectivity index (χ1) is 13.5. The van der Waals surface area contributed by atoms with E-state index in [0.717, 1.165) is 63.7 Å². The maximum Gasteiger partial charge on any atom is 0.332 e. The van der Waals surface area contributed by atoms with E-state index in [1.54, 1.807) is 0 Å². The zero-order valence-electron chi connectivity index (χ0n) is 16.6. The molecule has 0 amide bonds. The fraction of sp³-hybridized carbons (Fsp3) is 0.650. The summed E-state index contributed by atoms with van der Waals surface area (Å²) in [6.45, 7) is 4.92. The Bertz CT molecular complexity index is 1010. The van der Waals surface area contributed by atoms with Crippen LogP contribution in [0.25, 0.3) is 10.2 Å². The average molecular weight is 407 g/mol. The number of esters is 1. The summed E-state index contributed by atoms with van der Waals surface area (Å²) in [6.07, 6.45) is 5.74. The Labute approximate surface area is 167 Å². The van der Waals surface area contributed by atoms with Gasteiger partial charge in [-0.25, -0.2) is 4.79 Å². The van der Waals surface area contributed by atoms with Crippen molar-refractivity contribution in [3.63, 3.8) is 0 Å². The molecule has 152 valence electrons. The SMILES string of the molecule is CC[NH+]1CCc2c(sc3c2c(=O)n(C2CCCCC2)c(=O)n3CC(=O)OC)C1. The molecule has 3 heterocycles. The molecule has 0 aromatic carbocycles. The number of rotatable bonds is 4. The highest BCUT2D eigenvalue weighted by Gasteiger charge is 2.30. The Morgan fingerprint density at radius 3 is 2.68 bits per heavy atom. The molecule has 1 aliphatic heterocycles. The lowest BCUT2D eigenvalue weighted by Gasteiger charge is -2.24. The first-order valence-corrected chi connectivity index (χ1v) is 11.1. The summed E-state index contributed by atoms with van der Waals surface area (Å²) < 4.78 is 7.74. The Morgan fingerprint density at radius 1 is 1.25 bits per heavy atom. The van der Waals surface area contributed by atoms with E-state index in [1.165, 1.54) is 37.4 Å². The van der Waals surface area contributed by atoms with Gasteiger partial charge in [0, 0.05) is 12.5 Å². The van der Waals surface area contributed by atoms with Crippen molar-refractivity contribution in [2.45, 2.75) is 64.6 Å². The standard InChI is InChI=1S/C20H27N3O4S/c1-3-21-10-9-14-15(11-21)28-19-17(14)18(25)23(13-7-5-4-6-8-13)20(26)22(19)12-16(24)27-2/h13H,3-12H2,1-2H3/p+1. The van der Waals surface area contributed by atoms with Crippen molar-refractivity contribution in [3.05, 3.63) is 31.3 Å². The van der Waals surface area contributed by atoms with Gasteiger partial charge in [-0.15, -0.1) is 11.3 Å². The van der Waals surface area contributed by atoms with Crippen molar-refractivity contribution in [2.24, 2.45) is 0 Å². The minimum atomic E-state index is -0.468. The Hall–Kier alpha value is -1.93. The van der Waals surface area contributed by atoms with Crippen LogP contribution in [-0.4, -0.2) is 35.3 Å². The van der Waals surface area contributed by atoms with Crippen molar-refractivity contribution in [2.75, 3.05) is 20.2 Å². The predicted molar refractivity (Wildman–Crippen MR) is 108 cm³/mol. The minimum Gasteiger partial charge on any atom is -0.468 e. The van der Waals surface area contributed by atoms with Crippen LogP contribution in [0.4, 0.5) is 0 Å². The van der Waals surface area contributed by atoms with Crippen molar-refractivity contribution in [1.82, 2.24) is 9.13 Å². The normalized spacial score (nSPS) is 20.3. The second kappa shape index (κ2) is 7.83. The summed E-state index contributed by atoms with van der Waals surface area (Å²) in [7, 11) is 1.32. The topological polar surface area (TPSA) is 74.7 Å². The fourth-order valence-electron chi connectivity index (χ4n) is 4.65. The van der Waals surface area contributed by atoms with Crippen LogP contribution in [0.3, 0.4) is 0 Å². The highest BCUT2D eigenvalue weighted by atomic mass is 32.1. The third kappa shape index (κ3) is 3.22. The second-order valence-corrected chi connectivity index (χ2v) is 8.96. The van der Waals surface area contributed by atoms with Crippen molar-refractivity contribution >= 4 is 27.5 Å². The molecular weight excluding hydrogens is 378 g/mol. The largest absolute Gasteiger partial charge is 0.468 e. The van der Waals surface area contributed by atoms with Crippen LogP contribution in [0.1, 0.15) is 55.5 Å². The molecule has 2 aromatic heterocycles. The van der Waals surface area contributed by atoms with Crippen LogP contribution in [0, 0.1) is 0 Å². The molecule has 1 saturated carbocycles. The van der Waals surface area contributed by atoms with Gasteiger partial charge in [-0.3, -0.25) is 18.7 Å². The molecule has 1 atom stereocenters. The first kappa shape index (κ1) is 19.4. The lowest BCUT2D eigenvalue weighted by Crippen LogP contribution is -3.11. The number of aromatic nitrogens is 2. The maximum atomic E-state index is 13.5. The quantitative estimate of drug-likeness (QED) is 0.765. The summed E-state index contributed by atoms with van der Waals surface area (Å²) in [4.78, 5) is 42.1. The van der Waals surface area contributed by atoms with Crippen molar-refractivity contribution in [1.29, 1.82) is 0 Å². The van der Waals surface area contributed by atoms with Gasteiger partial charge in [0.15, 0.2) is 0 Å². The van der Waals surface area contributed by atoms with Gasteiger partial charge in [-0.1, -0.05) is 19.3 Å². The molecule has 1 N–H and O–H groups in total. The molecule has 1 fully saturated rings. The molecule has 0 saturated heterocycles. The third-order valence-electron chi connectivity index (χ3n) is 6.28. The van der Waals surface area contributed by atoms with Gasteiger partial charge in [0.2, 0.25) is 0 Å². The summed E-state index contributed by atoms with van der Waals surface area (Å²) in [5.74, 6) is -0.468. The number of hydrogen-bond acceptors (Lipinski definition) is 5. The highest BCUT2D eigenvalue weighted by Crippen LogP contribution is 2.31. The number of fused-ring (bicyclic) bond motifs is 3. The van der Waals surface area contributed by atoms with Crippen molar-refractivity contribution in [3.8, 4) is 0 Å². The second-order valence-electron chi connectivity index (χ2n) is 7.88. The number of likely N-dealkylation sites (N-methyl/N-ethyl adjacent to an activating group) is 1. The number of ether oxygens (including phenoxy) is 1. The summed E-state index contributed by atoms with van der Waals surface area (Å²) in [5.41, 5.74) is 0.559. The number of carbonyl (C=O) groups is 1. The van der Waals surface area contributed by atoms with Gasteiger partial charge in [0.25, 0.3) is 5.56 Å². The van der Waals surface area contributed by atoms with E-state index in [9.17, 15) is 14.4 Å². The molecule has 8 heteroatoms. The van der Waals surface area contributed by atoms with Gasteiger partial charge in [0.1, 0.15) is 17.9 Å². The zero-order valence-corrected chi connectivity index (χ0v) is 17.4. The minimum absolute atomic E-state index is 0.0704. The van der Waals surface area contributed by atoms with Gasteiger partial charge in [-0.2, -0.15) is 0 Å². The van der Waals surface area contributed by atoms with E-state index in [1.807, 2.05) is 0 Å². The average Bonchev–Trinajstić information content (AvgIpc) is 3.10. The van der Waals surface area contributed by atoms with E-state index in [-0.39, 0.29) is 23.8 Å². The third-order valence-corrected chi connectivity index (χ3v) is 7.54. The van der Waals surface area contributed by atoms with E-state index in [2.05, 4.69) is 6.92 Å². The van der Waals surface area contributed by atoms with Crippen LogP contribution in [-0.2, 0) is 29.0 Å². The fourth-order valence-corrected chi connectivity index (χ4v) is 6.06. The molecular formula is C20H28N3O4S+. The van der Waals surface area contributed by atoms with Gasteiger partial charge in [-0.05, 0) is 25.3 Å². The van der Waals surface area contributed by atoms with Gasteiger partial charge >= 0.3 is 11.7 Å². The molecule has 0 radical (unpaired) electrons. The molecule has 1 unspecified atom stereocenters. The van der Waals surface area contributed by atoms with E-state index in [4.69, 9.17) is 4.74 Å². The van der Waals surface area contributed by atoms with Crippen LogP contribution in [0.5, 0.6) is 0 Å². The highest BCUT2D eigenvalue weighted by molar-refractivity contribution is 7.18. The molecule has 28 heavy (non-hydrogen) atoms. The lowest BCUT2D eigenvalue weighted by molar-refractivity contribution is -0.913. The molecule has 7 nitrogen and oxygen atoms in total. The van der Waals surface area contributed by atoms with Crippen LogP contribution in [0.15, 0.2) is 9.59 Å². The first-order valence-electron chi connectivity index (χ1n) is 10.2. The monoisotopic (exact) mass is 406 g/mol. The number of carbonyl (C=O) groups excluding carboxylic acids is 1. The molecule has 0 spiro atoms. The van der Waals surface area contributed by atoms with Crippen LogP contribution >= 0.6 is 11.3 Å². The van der Waals surface area contributed by atoms with E-state index in [0.29, 0.717) is 10.2 Å². The molecule has 0 bridgehead atoms. The summed E-state index contributed by atoms with van der Waals surface area (Å²) in [5, 5.41) is 0.657. The number of hydrogen-bond donors (Lipinski definition) is 1. The van der Waals surface area contributed by atoms with E-state index < -0.39 is 5.97 Å². The Morgan fingerprint density at radius 2 is 2.00 bits per heavy atom. The maximum absolute atomic E-state index is 13.5. The zero-order chi connectivity index (χ0) is 19.8. The van der Waals surface area contributed by atoms with Gasteiger partial charge < -0.3 is 9.64 Å². The number of nitrogens with zero attached hydrogens (tertiary/aromatic N) is 2. The number of nitrogens with one attached hydrogen (secondary N) is 1. The lowest BCUT2D eigenvalue weighted by atomic mass is 9.95. The predicted octanol–water partition coefficient (Wildman–Crippen LogP) is 0.864. The Kier molecular flexibility index (Phi) is 5.42. The molecule has 2 aromatic rings. The summed E-state index contributed by atoms with van der Waals surface area (Å²) in [6, 6.07) is -0.0704. The number of quaternary nitrogens is 1. The number of methoxy groups -OCH3 is 1. The van der Waals surface area contributed by atoms with Gasteiger partial charge in [0.05, 0.1) is 30.5 Å². The Balaban J connectivity index is 1.96. The molecule has 1 aliphatic carbocycles.